The molecule has 5 N–H and O–H groups in total. The molecule has 0 spiro atoms. The summed E-state index contributed by atoms with van der Waals surface area (Å²) in [4.78, 5) is 14.7. The van der Waals surface area contributed by atoms with Crippen LogP contribution in [0.1, 0.15) is 5.82 Å². The van der Waals surface area contributed by atoms with Crippen molar-refractivity contribution >= 4 is 40.6 Å². The Morgan fingerprint density at radius 1 is 1.45 bits per heavy atom. The summed E-state index contributed by atoms with van der Waals surface area (Å²) < 4.78 is 0. The van der Waals surface area contributed by atoms with Gasteiger partial charge in [0.2, 0.25) is 0 Å². The number of rotatable bonds is 4. The van der Waals surface area contributed by atoms with Crippen molar-refractivity contribution in [1.82, 2.24) is 15.2 Å². The summed E-state index contributed by atoms with van der Waals surface area (Å²) in [5.41, 5.74) is 6.03. The number of nitrogen functional groups attached to an aromatic ring is 1. The van der Waals surface area contributed by atoms with Crippen molar-refractivity contribution in [2.24, 2.45) is 0 Å². The van der Waals surface area contributed by atoms with E-state index in [9.17, 15) is 4.79 Å². The first-order valence-electron chi connectivity index (χ1n) is 5.35. The smallest absolute Gasteiger partial charge is 0.349 e. The van der Waals surface area contributed by atoms with E-state index in [-0.39, 0.29) is 23.1 Å². The van der Waals surface area contributed by atoms with Crippen molar-refractivity contribution in [3.05, 3.63) is 28.0 Å². The van der Waals surface area contributed by atoms with E-state index < -0.39 is 11.7 Å². The molecule has 104 valence electrons. The maximum atomic E-state index is 10.6. The molecule has 0 unspecified atom stereocenters. The van der Waals surface area contributed by atoms with E-state index >= 15 is 0 Å². The molecular weight excluding hydrogens is 305 g/mol. The van der Waals surface area contributed by atoms with E-state index in [0.29, 0.717) is 16.3 Å². The number of aromatic amines is 1. The SMILES string of the molecule is N=C(Cc1nc(-c2c(N)cc(Cl)cc2Cl)n[nH]1)C(=O)O. The summed E-state index contributed by atoms with van der Waals surface area (Å²) in [6, 6.07) is 3.02. The number of hydrogen-bond donors (Lipinski definition) is 4. The number of H-pyrrole nitrogens is 1. The molecule has 0 amide bonds. The molecule has 9 heteroatoms. The van der Waals surface area contributed by atoms with E-state index in [1.54, 1.807) is 0 Å². The highest BCUT2D eigenvalue weighted by Gasteiger charge is 2.16. The second kappa shape index (κ2) is 5.48. The first-order valence-corrected chi connectivity index (χ1v) is 6.11. The van der Waals surface area contributed by atoms with Gasteiger partial charge in [0, 0.05) is 10.7 Å². The van der Waals surface area contributed by atoms with Crippen LogP contribution in [0.5, 0.6) is 0 Å². The Morgan fingerprint density at radius 3 is 2.75 bits per heavy atom. The molecule has 0 aliphatic heterocycles. The van der Waals surface area contributed by atoms with Crippen LogP contribution in [0.2, 0.25) is 10.0 Å². The topological polar surface area (TPSA) is 129 Å². The average Bonchev–Trinajstić information content (AvgIpc) is 2.75. The van der Waals surface area contributed by atoms with Crippen molar-refractivity contribution in [2.45, 2.75) is 6.42 Å². The monoisotopic (exact) mass is 313 g/mol. The van der Waals surface area contributed by atoms with Crippen molar-refractivity contribution in [2.75, 3.05) is 5.73 Å². The Bertz CT molecular complexity index is 675. The molecule has 0 aliphatic carbocycles. The van der Waals surface area contributed by atoms with Crippen LogP contribution < -0.4 is 5.73 Å². The van der Waals surface area contributed by atoms with Crippen molar-refractivity contribution in [3.63, 3.8) is 0 Å². The molecule has 0 bridgehead atoms. The average molecular weight is 314 g/mol. The van der Waals surface area contributed by atoms with Gasteiger partial charge in [0.15, 0.2) is 5.82 Å². The fourth-order valence-electron chi connectivity index (χ4n) is 1.56. The number of carbonyl (C=O) groups is 1. The number of nitrogens with zero attached hydrogens (tertiary/aromatic N) is 2. The fourth-order valence-corrected chi connectivity index (χ4v) is 2.15. The summed E-state index contributed by atoms with van der Waals surface area (Å²) in [5.74, 6) is -0.859. The Labute approximate surface area is 123 Å². The third-order valence-corrected chi connectivity index (χ3v) is 2.96. The van der Waals surface area contributed by atoms with Crippen molar-refractivity contribution in [3.8, 4) is 11.4 Å². The number of nitrogens with one attached hydrogen (secondary N) is 2. The molecule has 7 nitrogen and oxygen atoms in total. The molecule has 0 radical (unpaired) electrons. The van der Waals surface area contributed by atoms with Crippen LogP contribution >= 0.6 is 23.2 Å². The molecule has 20 heavy (non-hydrogen) atoms. The molecule has 2 rings (SSSR count). The number of hydrogen-bond acceptors (Lipinski definition) is 5. The summed E-state index contributed by atoms with van der Waals surface area (Å²) in [7, 11) is 0. The van der Waals surface area contributed by atoms with Gasteiger partial charge in [-0.3, -0.25) is 10.5 Å². The van der Waals surface area contributed by atoms with Gasteiger partial charge in [-0.25, -0.2) is 9.78 Å². The second-order valence-electron chi connectivity index (χ2n) is 3.92. The molecule has 1 heterocycles. The van der Waals surface area contributed by atoms with E-state index in [2.05, 4.69) is 15.2 Å². The lowest BCUT2D eigenvalue weighted by molar-refractivity contribution is -0.129. The van der Waals surface area contributed by atoms with Gasteiger partial charge in [-0.15, -0.1) is 0 Å². The number of anilines is 1. The Morgan fingerprint density at radius 2 is 2.15 bits per heavy atom. The standard InChI is InChI=1S/C11H9Cl2N5O2/c12-4-1-5(13)9(6(14)2-4)10-16-8(17-18-10)3-7(15)11(19)20/h1-2,15H,3,14H2,(H,19,20)(H,16,17,18). The maximum Gasteiger partial charge on any atom is 0.349 e. The van der Waals surface area contributed by atoms with Crippen LogP contribution in [-0.2, 0) is 11.2 Å². The van der Waals surface area contributed by atoms with E-state index in [4.69, 9.17) is 39.5 Å². The number of aliphatic carboxylic acids is 1. The third kappa shape index (κ3) is 2.89. The summed E-state index contributed by atoms with van der Waals surface area (Å²) in [6.07, 6.45) is -0.173. The predicted octanol–water partition coefficient (Wildman–Crippen LogP) is 2.01. The summed E-state index contributed by atoms with van der Waals surface area (Å²) in [6.45, 7) is 0. The zero-order chi connectivity index (χ0) is 14.9. The first-order chi connectivity index (χ1) is 9.38. The second-order valence-corrected chi connectivity index (χ2v) is 4.76. The first kappa shape index (κ1) is 14.3. The van der Waals surface area contributed by atoms with Gasteiger partial charge in [-0.05, 0) is 12.1 Å². The molecule has 0 atom stereocenters. The Kier molecular flexibility index (Phi) is 3.91. The largest absolute Gasteiger partial charge is 0.477 e. The molecule has 1 aromatic carbocycles. The number of carboxylic acid groups (broad SMARTS) is 1. The van der Waals surface area contributed by atoms with Crippen LogP contribution in [0.15, 0.2) is 12.1 Å². The van der Waals surface area contributed by atoms with Crippen LogP contribution in [-0.4, -0.2) is 32.0 Å². The van der Waals surface area contributed by atoms with Gasteiger partial charge >= 0.3 is 5.97 Å². The number of carboxylic acids is 1. The quantitative estimate of drug-likeness (QED) is 0.507. The van der Waals surface area contributed by atoms with Gasteiger partial charge in [0.25, 0.3) is 0 Å². The molecule has 2 aromatic rings. The van der Waals surface area contributed by atoms with E-state index in [0.717, 1.165) is 0 Å². The van der Waals surface area contributed by atoms with Gasteiger partial charge in [-0.1, -0.05) is 23.2 Å². The number of benzene rings is 1. The molecule has 1 aromatic heterocycles. The van der Waals surface area contributed by atoms with Crippen molar-refractivity contribution < 1.29 is 9.90 Å². The van der Waals surface area contributed by atoms with Crippen LogP contribution in [0.4, 0.5) is 5.69 Å². The molecule has 0 aliphatic rings. The lowest BCUT2D eigenvalue weighted by atomic mass is 10.1. The molecule has 0 saturated carbocycles. The zero-order valence-electron chi connectivity index (χ0n) is 9.94. The summed E-state index contributed by atoms with van der Waals surface area (Å²) >= 11 is 11.9. The minimum absolute atomic E-state index is 0.173. The van der Waals surface area contributed by atoms with E-state index in [1.165, 1.54) is 12.1 Å². The number of aromatic nitrogens is 3. The minimum Gasteiger partial charge on any atom is -0.477 e. The Hall–Kier alpha value is -2.12. The van der Waals surface area contributed by atoms with Gasteiger partial charge in [0.1, 0.15) is 11.5 Å². The van der Waals surface area contributed by atoms with Crippen LogP contribution in [0.25, 0.3) is 11.4 Å². The highest BCUT2D eigenvalue weighted by atomic mass is 35.5. The fraction of sp³-hybridized carbons (Fsp3) is 0.0909. The van der Waals surface area contributed by atoms with Crippen LogP contribution in [0, 0.1) is 5.41 Å². The van der Waals surface area contributed by atoms with Gasteiger partial charge < -0.3 is 10.8 Å². The predicted molar refractivity (Wildman–Crippen MR) is 75.3 cm³/mol. The van der Waals surface area contributed by atoms with Gasteiger partial charge in [0.05, 0.1) is 17.0 Å². The number of nitrogens with two attached hydrogens (primary N) is 1. The van der Waals surface area contributed by atoms with Crippen molar-refractivity contribution in [1.29, 1.82) is 5.41 Å². The zero-order valence-corrected chi connectivity index (χ0v) is 11.5. The molecule has 0 fully saturated rings. The summed E-state index contributed by atoms with van der Waals surface area (Å²) in [5, 5.41) is 23.0. The van der Waals surface area contributed by atoms with E-state index in [1.807, 2.05) is 0 Å². The Balaban J connectivity index is 2.34. The lowest BCUT2D eigenvalue weighted by Gasteiger charge is -2.04. The third-order valence-electron chi connectivity index (χ3n) is 2.44. The lowest BCUT2D eigenvalue weighted by Crippen LogP contribution is -2.15. The number of halogens is 2. The normalized spacial score (nSPS) is 10.5. The van der Waals surface area contributed by atoms with Crippen LogP contribution in [0.3, 0.4) is 0 Å². The maximum absolute atomic E-state index is 10.6. The highest BCUT2D eigenvalue weighted by molar-refractivity contribution is 6.37. The van der Waals surface area contributed by atoms with Gasteiger partial charge in [-0.2, -0.15) is 5.10 Å². The minimum atomic E-state index is -1.31. The molecular formula is C11H9Cl2N5O2. The molecule has 0 saturated heterocycles. The highest BCUT2D eigenvalue weighted by Crippen LogP contribution is 2.33.